The van der Waals surface area contributed by atoms with E-state index in [1.54, 1.807) is 6.33 Å². The molecule has 112 valence electrons. The normalized spacial score (nSPS) is 16.3. The third kappa shape index (κ3) is 2.31. The van der Waals surface area contributed by atoms with Crippen LogP contribution in [0.15, 0.2) is 36.9 Å². The van der Waals surface area contributed by atoms with Crippen LogP contribution in [0.25, 0.3) is 22.0 Å². The number of piperazine rings is 1. The van der Waals surface area contributed by atoms with Crippen LogP contribution in [0.1, 0.15) is 0 Å². The van der Waals surface area contributed by atoms with Crippen molar-refractivity contribution in [3.63, 3.8) is 0 Å². The zero-order valence-corrected chi connectivity index (χ0v) is 12.5. The summed E-state index contributed by atoms with van der Waals surface area (Å²) in [6.45, 7) is 4.12. The fourth-order valence-corrected chi connectivity index (χ4v) is 2.90. The predicted molar refractivity (Wildman–Crippen MR) is 86.8 cm³/mol. The number of aromatic amines is 1. The highest BCUT2D eigenvalue weighted by Crippen LogP contribution is 2.28. The molecular weight excluding hydrogens is 276 g/mol. The second kappa shape index (κ2) is 5.38. The molecule has 0 atom stereocenters. The van der Waals surface area contributed by atoms with Gasteiger partial charge in [0.2, 0.25) is 0 Å². The van der Waals surface area contributed by atoms with Crippen LogP contribution in [0, 0.1) is 0 Å². The maximum atomic E-state index is 4.55. The van der Waals surface area contributed by atoms with Crippen molar-refractivity contribution >= 4 is 16.7 Å². The number of hydrogen-bond donors (Lipinski definition) is 1. The molecule has 0 radical (unpaired) electrons. The Morgan fingerprint density at radius 3 is 2.68 bits per heavy atom. The maximum Gasteiger partial charge on any atom is 0.139 e. The second-order valence-corrected chi connectivity index (χ2v) is 5.71. The molecule has 0 saturated carbocycles. The molecule has 0 bridgehead atoms. The average molecular weight is 294 g/mol. The molecule has 6 heteroatoms. The Morgan fingerprint density at radius 1 is 1.05 bits per heavy atom. The van der Waals surface area contributed by atoms with Crippen LogP contribution in [0.3, 0.4) is 0 Å². The minimum atomic E-state index is 0.983. The second-order valence-electron chi connectivity index (χ2n) is 5.71. The van der Waals surface area contributed by atoms with Gasteiger partial charge >= 0.3 is 0 Å². The Hall–Kier alpha value is -2.47. The van der Waals surface area contributed by atoms with Crippen molar-refractivity contribution in [3.05, 3.63) is 36.9 Å². The topological polar surface area (TPSA) is 60.9 Å². The van der Waals surface area contributed by atoms with Gasteiger partial charge < -0.3 is 9.80 Å². The predicted octanol–water partition coefficient (Wildman–Crippen LogP) is 1.77. The van der Waals surface area contributed by atoms with Crippen LogP contribution < -0.4 is 4.90 Å². The quantitative estimate of drug-likeness (QED) is 0.780. The molecular formula is C16H18N6. The van der Waals surface area contributed by atoms with Gasteiger partial charge in [0.25, 0.3) is 0 Å². The van der Waals surface area contributed by atoms with Gasteiger partial charge in [-0.1, -0.05) is 6.07 Å². The van der Waals surface area contributed by atoms with Crippen LogP contribution in [-0.2, 0) is 0 Å². The Morgan fingerprint density at radius 2 is 1.91 bits per heavy atom. The molecule has 0 amide bonds. The molecule has 3 aromatic rings. The number of nitrogens with one attached hydrogen (secondary N) is 1. The van der Waals surface area contributed by atoms with E-state index in [2.05, 4.69) is 55.2 Å². The van der Waals surface area contributed by atoms with Gasteiger partial charge in [-0.3, -0.25) is 5.10 Å². The first-order valence-corrected chi connectivity index (χ1v) is 7.49. The molecule has 1 aromatic carbocycles. The number of aromatic nitrogens is 4. The summed E-state index contributed by atoms with van der Waals surface area (Å²) in [5.74, 6) is 1.03. The monoisotopic (exact) mass is 294 g/mol. The van der Waals surface area contributed by atoms with Crippen molar-refractivity contribution in [2.24, 2.45) is 0 Å². The molecule has 1 saturated heterocycles. The van der Waals surface area contributed by atoms with Crippen molar-refractivity contribution in [3.8, 4) is 11.1 Å². The summed E-state index contributed by atoms with van der Waals surface area (Å²) in [7, 11) is 2.16. The summed E-state index contributed by atoms with van der Waals surface area (Å²) >= 11 is 0. The van der Waals surface area contributed by atoms with Gasteiger partial charge in [-0.2, -0.15) is 5.10 Å². The minimum absolute atomic E-state index is 0.983. The lowest BCUT2D eigenvalue weighted by molar-refractivity contribution is 0.312. The minimum Gasteiger partial charge on any atom is -0.353 e. The Balaban J connectivity index is 1.79. The van der Waals surface area contributed by atoms with Crippen LogP contribution in [0.4, 0.5) is 5.82 Å². The lowest BCUT2D eigenvalue weighted by Gasteiger charge is -2.33. The largest absolute Gasteiger partial charge is 0.353 e. The van der Waals surface area contributed by atoms with Crippen molar-refractivity contribution in [2.75, 3.05) is 38.1 Å². The smallest absolute Gasteiger partial charge is 0.139 e. The molecule has 4 rings (SSSR count). The highest BCUT2D eigenvalue weighted by Gasteiger charge is 2.18. The highest BCUT2D eigenvalue weighted by molar-refractivity contribution is 5.92. The number of fused-ring (bicyclic) bond motifs is 1. The fraction of sp³-hybridized carbons (Fsp3) is 0.312. The first-order valence-electron chi connectivity index (χ1n) is 7.49. The number of benzene rings is 1. The summed E-state index contributed by atoms with van der Waals surface area (Å²) < 4.78 is 0. The molecule has 1 N–H and O–H groups in total. The van der Waals surface area contributed by atoms with E-state index in [0.29, 0.717) is 0 Å². The molecule has 1 aliphatic rings. The zero-order chi connectivity index (χ0) is 14.9. The summed E-state index contributed by atoms with van der Waals surface area (Å²) in [4.78, 5) is 13.6. The van der Waals surface area contributed by atoms with E-state index >= 15 is 0 Å². The van der Waals surface area contributed by atoms with Crippen molar-refractivity contribution < 1.29 is 0 Å². The number of anilines is 1. The number of rotatable bonds is 2. The average Bonchev–Trinajstić information content (AvgIpc) is 3.09. The number of nitrogens with zero attached hydrogens (tertiary/aromatic N) is 5. The third-order valence-electron chi connectivity index (χ3n) is 4.25. The van der Waals surface area contributed by atoms with Gasteiger partial charge in [0.1, 0.15) is 12.1 Å². The summed E-state index contributed by atoms with van der Waals surface area (Å²) in [5, 5.41) is 7.99. The maximum absolute atomic E-state index is 4.55. The molecule has 1 fully saturated rings. The highest BCUT2D eigenvalue weighted by atomic mass is 15.3. The first kappa shape index (κ1) is 13.2. The summed E-state index contributed by atoms with van der Waals surface area (Å²) in [6.07, 6.45) is 5.40. The van der Waals surface area contributed by atoms with Gasteiger partial charge in [0.05, 0.1) is 11.7 Å². The zero-order valence-electron chi connectivity index (χ0n) is 12.5. The molecule has 0 aliphatic carbocycles. The molecule has 0 unspecified atom stereocenters. The Bertz CT molecular complexity index is 774. The summed E-state index contributed by atoms with van der Waals surface area (Å²) in [6, 6.07) is 6.29. The number of hydrogen-bond acceptors (Lipinski definition) is 5. The lowest BCUT2D eigenvalue weighted by Crippen LogP contribution is -2.44. The lowest BCUT2D eigenvalue weighted by atomic mass is 10.1. The van der Waals surface area contributed by atoms with E-state index in [-0.39, 0.29) is 0 Å². The van der Waals surface area contributed by atoms with E-state index in [1.165, 1.54) is 0 Å². The van der Waals surface area contributed by atoms with Crippen LogP contribution in [0.5, 0.6) is 0 Å². The van der Waals surface area contributed by atoms with Crippen LogP contribution in [0.2, 0.25) is 0 Å². The SMILES string of the molecule is CN1CCN(c2ncnc3ccc(-c4cn[nH]c4)cc23)CC1. The Labute approximate surface area is 128 Å². The first-order chi connectivity index (χ1) is 10.8. The van der Waals surface area contributed by atoms with Crippen molar-refractivity contribution in [2.45, 2.75) is 0 Å². The molecule has 1 aliphatic heterocycles. The number of H-pyrrole nitrogens is 1. The van der Waals surface area contributed by atoms with Crippen molar-refractivity contribution in [1.82, 2.24) is 25.1 Å². The fourth-order valence-electron chi connectivity index (χ4n) is 2.90. The van der Waals surface area contributed by atoms with E-state index in [9.17, 15) is 0 Å². The van der Waals surface area contributed by atoms with E-state index in [1.807, 2.05) is 12.4 Å². The van der Waals surface area contributed by atoms with Gasteiger partial charge in [-0.15, -0.1) is 0 Å². The molecule has 3 heterocycles. The Kier molecular flexibility index (Phi) is 3.23. The van der Waals surface area contributed by atoms with E-state index < -0.39 is 0 Å². The van der Waals surface area contributed by atoms with E-state index in [4.69, 9.17) is 0 Å². The van der Waals surface area contributed by atoms with E-state index in [0.717, 1.165) is 54.0 Å². The van der Waals surface area contributed by atoms with Crippen LogP contribution in [-0.4, -0.2) is 58.3 Å². The van der Waals surface area contributed by atoms with Gasteiger partial charge in [-0.05, 0) is 24.7 Å². The molecule has 2 aromatic heterocycles. The van der Waals surface area contributed by atoms with Crippen LogP contribution >= 0.6 is 0 Å². The molecule has 0 spiro atoms. The van der Waals surface area contributed by atoms with Gasteiger partial charge in [0.15, 0.2) is 0 Å². The standard InChI is InChI=1S/C16H18N6/c1-21-4-6-22(7-5-21)16-14-8-12(13-9-19-20-10-13)2-3-15(14)17-11-18-16/h2-3,8-11H,4-7H2,1H3,(H,19,20). The molecule has 6 nitrogen and oxygen atoms in total. The number of likely N-dealkylation sites (N-methyl/N-ethyl adjacent to an activating group) is 1. The van der Waals surface area contributed by atoms with Gasteiger partial charge in [0, 0.05) is 43.3 Å². The van der Waals surface area contributed by atoms with Gasteiger partial charge in [-0.25, -0.2) is 9.97 Å². The molecule has 22 heavy (non-hydrogen) atoms. The summed E-state index contributed by atoms with van der Waals surface area (Å²) in [5.41, 5.74) is 3.19. The van der Waals surface area contributed by atoms with Crippen molar-refractivity contribution in [1.29, 1.82) is 0 Å². The third-order valence-corrected chi connectivity index (χ3v) is 4.25.